The van der Waals surface area contributed by atoms with Gasteiger partial charge in [0.05, 0.1) is 38.6 Å². The predicted molar refractivity (Wildman–Crippen MR) is 360 cm³/mol. The second-order valence-corrected chi connectivity index (χ2v) is 27.5. The summed E-state index contributed by atoms with van der Waals surface area (Å²) in [6, 6.07) is -0.968. The van der Waals surface area contributed by atoms with Gasteiger partial charge in [-0.2, -0.15) is 0 Å². The van der Waals surface area contributed by atoms with Crippen molar-refractivity contribution in [3.05, 3.63) is 12.2 Å². The Morgan fingerprint density at radius 3 is 1.02 bits per heavy atom. The molecule has 12 N–H and O–H groups in total. The van der Waals surface area contributed by atoms with E-state index in [1.807, 2.05) is 6.08 Å². The lowest BCUT2D eigenvalue weighted by molar-refractivity contribution is -0.379. The molecule has 17 atom stereocenters. The topological polar surface area (TPSA) is 307 Å². The smallest absolute Gasteiger partial charge is 0.220 e. The maximum atomic E-state index is 13.4. The molecule has 1 amide bonds. The summed E-state index contributed by atoms with van der Waals surface area (Å²) in [5, 5.41) is 121. The first-order valence-electron chi connectivity index (χ1n) is 37.9. The Morgan fingerprint density at radius 2 is 0.674 bits per heavy atom. The lowest BCUT2D eigenvalue weighted by Gasteiger charge is -2.48. The van der Waals surface area contributed by atoms with Crippen molar-refractivity contribution in [1.82, 2.24) is 5.32 Å². The van der Waals surface area contributed by atoms with Gasteiger partial charge in [-0.15, -0.1) is 0 Å². The van der Waals surface area contributed by atoms with Gasteiger partial charge in [0.15, 0.2) is 18.9 Å². The van der Waals surface area contributed by atoms with Crippen molar-refractivity contribution in [3.63, 3.8) is 0 Å². The molecule has 3 saturated heterocycles. The summed E-state index contributed by atoms with van der Waals surface area (Å²) >= 11 is 0. The van der Waals surface area contributed by atoms with E-state index in [2.05, 4.69) is 19.2 Å². The standard InChI is InChI=1S/C73H139NO18/c1-3-5-7-9-11-13-15-17-19-20-21-22-23-24-25-26-27-28-29-30-31-32-33-34-35-36-37-38-40-42-44-46-48-50-57(78)56(74-61(79)51-49-47-45-43-41-39-18-16-14-12-10-8-6-4-2)55-87-71-67(85)64(82)69(59(53-76)89-71)92-73-68(86)65(83)70(60(54-77)90-73)91-72-66(84)63(81)62(80)58(52-75)88-72/h48,50,56-60,62-73,75-78,80-86H,3-47,49,51-55H2,1-2H3,(H,74,79)/b50-48+. The molecule has 0 aromatic heterocycles. The van der Waals surface area contributed by atoms with Gasteiger partial charge < -0.3 is 89.9 Å². The van der Waals surface area contributed by atoms with Crippen molar-refractivity contribution in [2.75, 3.05) is 26.4 Å². The van der Waals surface area contributed by atoms with Crippen molar-refractivity contribution in [2.45, 2.75) is 420 Å². The molecule has 0 aliphatic carbocycles. The van der Waals surface area contributed by atoms with E-state index in [0.717, 1.165) is 44.9 Å². The molecule has 3 rings (SSSR count). The summed E-state index contributed by atoms with van der Waals surface area (Å²) in [7, 11) is 0. The molecule has 19 heteroatoms. The highest BCUT2D eigenvalue weighted by Gasteiger charge is 2.53. The van der Waals surface area contributed by atoms with Crippen molar-refractivity contribution >= 4 is 5.91 Å². The SMILES string of the molecule is CCCCCCCCCCCCCCCCCCCCCCCCCCCCCCCCC/C=C/C(O)C(COC1OC(CO)C(OC2OC(CO)C(OC3OC(CO)C(O)C(O)C3O)C(O)C2O)C(O)C1O)NC(=O)CCCCCCCCCCCCCCCC. The molecule has 3 aliphatic rings. The van der Waals surface area contributed by atoms with Gasteiger partial charge in [-0.3, -0.25) is 4.79 Å². The van der Waals surface area contributed by atoms with Crippen LogP contribution in [-0.2, 0) is 33.2 Å². The van der Waals surface area contributed by atoms with Crippen LogP contribution < -0.4 is 5.32 Å². The van der Waals surface area contributed by atoms with Crippen LogP contribution in [0.3, 0.4) is 0 Å². The highest BCUT2D eigenvalue weighted by atomic mass is 16.8. The molecule has 17 unspecified atom stereocenters. The van der Waals surface area contributed by atoms with Gasteiger partial charge in [0.1, 0.15) is 73.2 Å². The number of ether oxygens (including phenoxy) is 6. The maximum absolute atomic E-state index is 13.4. The van der Waals surface area contributed by atoms with Gasteiger partial charge >= 0.3 is 0 Å². The lowest BCUT2D eigenvalue weighted by Crippen LogP contribution is -2.66. The quantitative estimate of drug-likeness (QED) is 0.0199. The number of carbonyl (C=O) groups excluding carboxylic acids is 1. The van der Waals surface area contributed by atoms with Crippen LogP contribution in [0.25, 0.3) is 0 Å². The van der Waals surface area contributed by atoms with Gasteiger partial charge in [-0.05, 0) is 19.3 Å². The van der Waals surface area contributed by atoms with Crippen molar-refractivity contribution in [1.29, 1.82) is 0 Å². The number of aliphatic hydroxyl groups excluding tert-OH is 11. The summed E-state index contributed by atoms with van der Waals surface area (Å²) in [5.74, 6) is -0.270. The van der Waals surface area contributed by atoms with Crippen LogP contribution in [-0.4, -0.2) is 193 Å². The molecule has 3 heterocycles. The van der Waals surface area contributed by atoms with Crippen LogP contribution in [0.4, 0.5) is 0 Å². The third-order valence-corrected chi connectivity index (χ3v) is 19.3. The zero-order valence-electron chi connectivity index (χ0n) is 57.8. The van der Waals surface area contributed by atoms with Crippen LogP contribution in [0.5, 0.6) is 0 Å². The Balaban J connectivity index is 1.35. The van der Waals surface area contributed by atoms with Crippen LogP contribution in [0, 0.1) is 0 Å². The second-order valence-electron chi connectivity index (χ2n) is 27.5. The number of hydrogen-bond donors (Lipinski definition) is 12. The van der Waals surface area contributed by atoms with Crippen LogP contribution in [0.1, 0.15) is 316 Å². The largest absolute Gasteiger partial charge is 0.394 e. The minimum Gasteiger partial charge on any atom is -0.394 e. The fourth-order valence-corrected chi connectivity index (χ4v) is 13.2. The van der Waals surface area contributed by atoms with Gasteiger partial charge in [0.2, 0.25) is 5.91 Å². The highest BCUT2D eigenvalue weighted by molar-refractivity contribution is 5.76. The molecule has 3 fully saturated rings. The van der Waals surface area contributed by atoms with Gasteiger partial charge in [0.25, 0.3) is 0 Å². The van der Waals surface area contributed by atoms with Crippen molar-refractivity contribution < 1.29 is 89.4 Å². The van der Waals surface area contributed by atoms with E-state index in [1.165, 1.54) is 244 Å². The summed E-state index contributed by atoms with van der Waals surface area (Å²) in [5.41, 5.74) is 0. The van der Waals surface area contributed by atoms with Crippen LogP contribution in [0.15, 0.2) is 12.2 Å². The summed E-state index contributed by atoms with van der Waals surface area (Å²) in [6.45, 7) is 1.77. The van der Waals surface area contributed by atoms with E-state index in [-0.39, 0.29) is 18.9 Å². The summed E-state index contributed by atoms with van der Waals surface area (Å²) in [4.78, 5) is 13.4. The van der Waals surface area contributed by atoms with E-state index >= 15 is 0 Å². The molecule has 544 valence electrons. The zero-order valence-corrected chi connectivity index (χ0v) is 57.8. The van der Waals surface area contributed by atoms with Gasteiger partial charge in [-0.1, -0.05) is 302 Å². The minimum atomic E-state index is -1.98. The Morgan fingerprint density at radius 1 is 0.380 bits per heavy atom. The predicted octanol–water partition coefficient (Wildman–Crippen LogP) is 11.2. The van der Waals surface area contributed by atoms with Crippen molar-refractivity contribution in [3.8, 4) is 0 Å². The molecular formula is C73H139NO18. The Hall–Kier alpha value is -1.47. The Kier molecular flexibility index (Phi) is 51.0. The maximum Gasteiger partial charge on any atom is 0.220 e. The lowest BCUT2D eigenvalue weighted by atomic mass is 9.96. The monoisotopic (exact) mass is 1320 g/mol. The van der Waals surface area contributed by atoms with E-state index in [0.29, 0.717) is 6.42 Å². The molecule has 0 radical (unpaired) electrons. The zero-order chi connectivity index (χ0) is 66.8. The van der Waals surface area contributed by atoms with Crippen LogP contribution in [0.2, 0.25) is 0 Å². The molecule has 3 aliphatic heterocycles. The minimum absolute atomic E-state index is 0.249. The third kappa shape index (κ3) is 36.4. The second kappa shape index (κ2) is 55.4. The van der Waals surface area contributed by atoms with Crippen molar-refractivity contribution in [2.24, 2.45) is 0 Å². The highest BCUT2D eigenvalue weighted by Crippen LogP contribution is 2.33. The molecule has 0 bridgehead atoms. The number of carbonyl (C=O) groups is 1. The van der Waals surface area contributed by atoms with E-state index < -0.39 is 124 Å². The molecular weight excluding hydrogens is 1180 g/mol. The molecule has 0 aromatic rings. The Labute approximate surface area is 556 Å². The van der Waals surface area contributed by atoms with E-state index in [9.17, 15) is 61.0 Å². The number of rotatable bonds is 60. The fraction of sp³-hybridized carbons (Fsp3) is 0.959. The van der Waals surface area contributed by atoms with Gasteiger partial charge in [0, 0.05) is 6.42 Å². The molecule has 92 heavy (non-hydrogen) atoms. The molecule has 0 spiro atoms. The van der Waals surface area contributed by atoms with Crippen LogP contribution >= 0.6 is 0 Å². The first-order chi connectivity index (χ1) is 44.8. The number of nitrogens with one attached hydrogen (secondary N) is 1. The number of hydrogen-bond acceptors (Lipinski definition) is 18. The normalized spacial score (nSPS) is 27.7. The molecule has 0 aromatic carbocycles. The average molecular weight is 1320 g/mol. The summed E-state index contributed by atoms with van der Waals surface area (Å²) < 4.78 is 34.4. The first-order valence-corrected chi connectivity index (χ1v) is 37.9. The average Bonchev–Trinajstić information content (AvgIpc) is 0.811. The first kappa shape index (κ1) is 84.8. The molecule has 19 nitrogen and oxygen atoms in total. The number of aliphatic hydroxyl groups is 11. The number of unbranched alkanes of at least 4 members (excludes halogenated alkanes) is 44. The van der Waals surface area contributed by atoms with Gasteiger partial charge in [-0.25, -0.2) is 0 Å². The third-order valence-electron chi connectivity index (χ3n) is 19.3. The Bertz CT molecular complexity index is 1720. The summed E-state index contributed by atoms with van der Waals surface area (Å²) in [6.07, 6.45) is 36.5. The van der Waals surface area contributed by atoms with E-state index in [4.69, 9.17) is 28.4 Å². The van der Waals surface area contributed by atoms with E-state index in [1.54, 1.807) is 6.08 Å². The number of amides is 1. The molecule has 0 saturated carbocycles. The number of allylic oxidation sites excluding steroid dienone is 1. The fourth-order valence-electron chi connectivity index (χ4n) is 13.2.